The third-order valence-electron chi connectivity index (χ3n) is 3.36. The van der Waals surface area contributed by atoms with Gasteiger partial charge in [0.2, 0.25) is 0 Å². The average molecular weight is 250 g/mol. The summed E-state index contributed by atoms with van der Waals surface area (Å²) in [6.45, 7) is 2.47. The molecule has 1 aliphatic heterocycles. The van der Waals surface area contributed by atoms with Crippen molar-refractivity contribution < 1.29 is 9.90 Å². The molecule has 0 bridgehead atoms. The first-order valence-corrected chi connectivity index (χ1v) is 6.12. The number of carboxylic acid groups (broad SMARTS) is 1. The van der Waals surface area contributed by atoms with Crippen molar-refractivity contribution in [2.75, 3.05) is 31.6 Å². The molecule has 1 N–H and O–H groups in total. The lowest BCUT2D eigenvalue weighted by molar-refractivity contribution is 0.145. The molecule has 2 heterocycles. The number of hydrogen-bond acceptors (Lipinski definition) is 4. The molecule has 1 fully saturated rings. The van der Waals surface area contributed by atoms with Crippen molar-refractivity contribution in [3.8, 4) is 0 Å². The first-order valence-electron chi connectivity index (χ1n) is 6.12. The summed E-state index contributed by atoms with van der Waals surface area (Å²) in [4.78, 5) is 22.5. The Hall–Kier alpha value is -1.85. The summed E-state index contributed by atoms with van der Waals surface area (Å²) in [5.41, 5.74) is 0. The highest BCUT2D eigenvalue weighted by molar-refractivity contribution is 5.64. The highest BCUT2D eigenvalue weighted by Crippen LogP contribution is 2.21. The summed E-state index contributed by atoms with van der Waals surface area (Å²) in [5, 5.41) is 8.84. The summed E-state index contributed by atoms with van der Waals surface area (Å²) >= 11 is 0. The van der Waals surface area contributed by atoms with Crippen molar-refractivity contribution in [1.29, 1.82) is 0 Å². The molecule has 1 aromatic rings. The molecule has 18 heavy (non-hydrogen) atoms. The van der Waals surface area contributed by atoms with E-state index in [0.29, 0.717) is 12.5 Å². The Labute approximate surface area is 106 Å². The van der Waals surface area contributed by atoms with E-state index in [2.05, 4.69) is 14.9 Å². The van der Waals surface area contributed by atoms with Gasteiger partial charge in [0, 0.05) is 32.9 Å². The molecule has 0 aromatic carbocycles. The molecule has 6 heteroatoms. The van der Waals surface area contributed by atoms with Gasteiger partial charge in [-0.1, -0.05) is 0 Å². The summed E-state index contributed by atoms with van der Waals surface area (Å²) in [6, 6.07) is 1.91. The van der Waals surface area contributed by atoms with E-state index >= 15 is 0 Å². The smallest absolute Gasteiger partial charge is 0.407 e. The lowest BCUT2D eigenvalue weighted by atomic mass is 9.96. The molecule has 98 valence electrons. The quantitative estimate of drug-likeness (QED) is 0.875. The molecule has 1 amide bonds. The second-order valence-corrected chi connectivity index (χ2v) is 4.66. The van der Waals surface area contributed by atoms with Crippen LogP contribution in [0.4, 0.5) is 10.6 Å². The fraction of sp³-hybridized carbons (Fsp3) is 0.583. The van der Waals surface area contributed by atoms with E-state index in [-0.39, 0.29) is 0 Å². The maximum absolute atomic E-state index is 10.8. The van der Waals surface area contributed by atoms with Crippen LogP contribution >= 0.6 is 0 Å². The van der Waals surface area contributed by atoms with Gasteiger partial charge in [0.25, 0.3) is 0 Å². The summed E-state index contributed by atoms with van der Waals surface area (Å²) in [7, 11) is 1.62. The van der Waals surface area contributed by atoms with Crippen LogP contribution in [0.15, 0.2) is 18.6 Å². The molecule has 6 nitrogen and oxygen atoms in total. The van der Waals surface area contributed by atoms with Gasteiger partial charge in [-0.2, -0.15) is 0 Å². The Morgan fingerprint density at radius 2 is 2.28 bits per heavy atom. The number of piperidine rings is 1. The topological polar surface area (TPSA) is 69.6 Å². The van der Waals surface area contributed by atoms with Crippen LogP contribution < -0.4 is 4.90 Å². The van der Waals surface area contributed by atoms with Crippen molar-refractivity contribution in [2.45, 2.75) is 12.8 Å². The van der Waals surface area contributed by atoms with Crippen molar-refractivity contribution in [3.63, 3.8) is 0 Å². The van der Waals surface area contributed by atoms with E-state index < -0.39 is 6.09 Å². The minimum absolute atomic E-state index is 0.448. The monoisotopic (exact) mass is 250 g/mol. The molecule has 0 spiro atoms. The van der Waals surface area contributed by atoms with Crippen LogP contribution in [0.2, 0.25) is 0 Å². The largest absolute Gasteiger partial charge is 0.465 e. The molecule has 0 radical (unpaired) electrons. The predicted octanol–water partition coefficient (Wildman–Crippen LogP) is 1.30. The molecule has 1 aliphatic rings. The van der Waals surface area contributed by atoms with Gasteiger partial charge < -0.3 is 14.9 Å². The first-order chi connectivity index (χ1) is 8.66. The third-order valence-corrected chi connectivity index (χ3v) is 3.36. The fourth-order valence-corrected chi connectivity index (χ4v) is 2.28. The van der Waals surface area contributed by atoms with Gasteiger partial charge in [-0.25, -0.2) is 14.8 Å². The third kappa shape index (κ3) is 3.09. The highest BCUT2D eigenvalue weighted by Gasteiger charge is 2.22. The summed E-state index contributed by atoms with van der Waals surface area (Å²) in [6.07, 6.45) is 4.45. The zero-order chi connectivity index (χ0) is 13.0. The fourth-order valence-electron chi connectivity index (χ4n) is 2.28. The van der Waals surface area contributed by atoms with Crippen LogP contribution in [0.25, 0.3) is 0 Å². The SMILES string of the molecule is CN(CC1CCN(c2ccncn2)CC1)C(=O)O. The van der Waals surface area contributed by atoms with Gasteiger partial charge in [-0.05, 0) is 24.8 Å². The Balaban J connectivity index is 1.83. The molecular weight excluding hydrogens is 232 g/mol. The average Bonchev–Trinajstić information content (AvgIpc) is 2.40. The second-order valence-electron chi connectivity index (χ2n) is 4.66. The van der Waals surface area contributed by atoms with Crippen LogP contribution in [0.5, 0.6) is 0 Å². The zero-order valence-electron chi connectivity index (χ0n) is 10.5. The number of hydrogen-bond donors (Lipinski definition) is 1. The van der Waals surface area contributed by atoms with Crippen LogP contribution in [-0.4, -0.2) is 52.7 Å². The van der Waals surface area contributed by atoms with Crippen LogP contribution in [0.3, 0.4) is 0 Å². The number of anilines is 1. The van der Waals surface area contributed by atoms with E-state index in [1.165, 1.54) is 4.90 Å². The maximum Gasteiger partial charge on any atom is 0.407 e. The van der Waals surface area contributed by atoms with E-state index in [9.17, 15) is 4.79 Å². The predicted molar refractivity (Wildman–Crippen MR) is 67.6 cm³/mol. The number of nitrogens with zero attached hydrogens (tertiary/aromatic N) is 4. The van der Waals surface area contributed by atoms with E-state index in [4.69, 9.17) is 5.11 Å². The van der Waals surface area contributed by atoms with Gasteiger partial charge >= 0.3 is 6.09 Å². The number of amides is 1. The number of rotatable bonds is 3. The second kappa shape index (κ2) is 5.66. The molecule has 0 saturated carbocycles. The van der Waals surface area contributed by atoms with E-state index in [0.717, 1.165) is 31.7 Å². The minimum Gasteiger partial charge on any atom is -0.465 e. The van der Waals surface area contributed by atoms with Gasteiger partial charge in [-0.3, -0.25) is 0 Å². The number of carbonyl (C=O) groups is 1. The van der Waals surface area contributed by atoms with E-state index in [1.807, 2.05) is 6.07 Å². The van der Waals surface area contributed by atoms with Crippen LogP contribution in [0, 0.1) is 5.92 Å². The van der Waals surface area contributed by atoms with Gasteiger partial charge in [-0.15, -0.1) is 0 Å². The first kappa shape index (κ1) is 12.6. The lowest BCUT2D eigenvalue weighted by Gasteiger charge is -2.33. The normalized spacial score (nSPS) is 16.6. The molecular formula is C12H18N4O2. The standard InChI is InChI=1S/C12H18N4O2/c1-15(12(17)18)8-10-3-6-16(7-4-10)11-2-5-13-9-14-11/h2,5,9-10H,3-4,6-8H2,1H3,(H,17,18). The summed E-state index contributed by atoms with van der Waals surface area (Å²) in [5.74, 6) is 1.40. The van der Waals surface area contributed by atoms with Crippen LogP contribution in [-0.2, 0) is 0 Å². The highest BCUT2D eigenvalue weighted by atomic mass is 16.4. The van der Waals surface area contributed by atoms with Gasteiger partial charge in [0.15, 0.2) is 0 Å². The summed E-state index contributed by atoms with van der Waals surface area (Å²) < 4.78 is 0. The lowest BCUT2D eigenvalue weighted by Crippen LogP contribution is -2.39. The molecule has 2 rings (SSSR count). The Morgan fingerprint density at radius 3 is 2.83 bits per heavy atom. The van der Waals surface area contributed by atoms with Crippen molar-refractivity contribution in [2.24, 2.45) is 5.92 Å². The van der Waals surface area contributed by atoms with Gasteiger partial charge in [0.1, 0.15) is 12.1 Å². The Morgan fingerprint density at radius 1 is 1.56 bits per heavy atom. The minimum atomic E-state index is -0.853. The van der Waals surface area contributed by atoms with Crippen molar-refractivity contribution >= 4 is 11.9 Å². The molecule has 1 saturated heterocycles. The maximum atomic E-state index is 10.8. The molecule has 0 unspecified atom stereocenters. The van der Waals surface area contributed by atoms with E-state index in [1.54, 1.807) is 19.6 Å². The van der Waals surface area contributed by atoms with Gasteiger partial charge in [0.05, 0.1) is 0 Å². The van der Waals surface area contributed by atoms with Crippen molar-refractivity contribution in [1.82, 2.24) is 14.9 Å². The number of aromatic nitrogens is 2. The zero-order valence-corrected chi connectivity index (χ0v) is 10.5. The molecule has 0 aliphatic carbocycles. The molecule has 1 aromatic heterocycles. The Kier molecular flexibility index (Phi) is 3.96. The van der Waals surface area contributed by atoms with Crippen LogP contribution in [0.1, 0.15) is 12.8 Å². The Bertz CT molecular complexity index is 390. The molecule has 0 atom stereocenters. The van der Waals surface area contributed by atoms with Crippen molar-refractivity contribution in [3.05, 3.63) is 18.6 Å².